The van der Waals surface area contributed by atoms with Gasteiger partial charge < -0.3 is 10.4 Å². The van der Waals surface area contributed by atoms with Gasteiger partial charge in [0.25, 0.3) is 5.91 Å². The van der Waals surface area contributed by atoms with Crippen LogP contribution in [0.15, 0.2) is 42.5 Å². The minimum atomic E-state index is -4.59. The zero-order valence-electron chi connectivity index (χ0n) is 13.8. The number of benzene rings is 2. The predicted octanol–water partition coefficient (Wildman–Crippen LogP) is 3.20. The summed E-state index contributed by atoms with van der Waals surface area (Å²) in [6.45, 7) is 0.272. The molecule has 0 aromatic heterocycles. The minimum Gasteiger partial charge on any atom is -0.506 e. The van der Waals surface area contributed by atoms with Crippen molar-refractivity contribution in [1.29, 1.82) is 0 Å². The summed E-state index contributed by atoms with van der Waals surface area (Å²) in [5.41, 5.74) is -1.07. The number of nitrogens with zero attached hydrogens (tertiary/aromatic N) is 1. The number of halogens is 3. The van der Waals surface area contributed by atoms with Crippen LogP contribution in [0.4, 0.5) is 24.5 Å². The number of phenolic OH excluding ortho intramolecular Hbond substituents is 1. The van der Waals surface area contributed by atoms with Crippen LogP contribution >= 0.6 is 0 Å². The number of alkyl halides is 3. The largest absolute Gasteiger partial charge is 0.506 e. The Balaban J connectivity index is 1.87. The summed E-state index contributed by atoms with van der Waals surface area (Å²) in [6, 6.07) is 7.71. The number of phenols is 1. The van der Waals surface area contributed by atoms with Gasteiger partial charge in [0.2, 0.25) is 10.0 Å². The Morgan fingerprint density at radius 3 is 2.52 bits per heavy atom. The van der Waals surface area contributed by atoms with Crippen molar-refractivity contribution in [2.75, 3.05) is 21.9 Å². The first-order valence-corrected chi connectivity index (χ1v) is 9.51. The Labute approximate surface area is 153 Å². The van der Waals surface area contributed by atoms with Crippen molar-refractivity contribution >= 4 is 27.3 Å². The van der Waals surface area contributed by atoms with Gasteiger partial charge in [0, 0.05) is 12.1 Å². The number of carbonyl (C=O) groups is 1. The van der Waals surface area contributed by atoms with Gasteiger partial charge in [0.05, 0.1) is 22.7 Å². The van der Waals surface area contributed by atoms with Crippen LogP contribution in [0, 0.1) is 0 Å². The number of amides is 1. The summed E-state index contributed by atoms with van der Waals surface area (Å²) in [5.74, 6) is -1.20. The fourth-order valence-electron chi connectivity index (χ4n) is 2.74. The molecule has 1 aliphatic heterocycles. The zero-order chi connectivity index (χ0) is 19.8. The van der Waals surface area contributed by atoms with Gasteiger partial charge in [-0.15, -0.1) is 0 Å². The predicted molar refractivity (Wildman–Crippen MR) is 93.3 cm³/mol. The molecule has 0 bridgehead atoms. The van der Waals surface area contributed by atoms with Gasteiger partial charge in [-0.1, -0.05) is 6.07 Å². The molecule has 1 saturated heterocycles. The maximum atomic E-state index is 12.8. The fraction of sp³-hybridized carbons (Fsp3) is 0.235. The van der Waals surface area contributed by atoms with Crippen LogP contribution in [0.25, 0.3) is 0 Å². The van der Waals surface area contributed by atoms with E-state index in [4.69, 9.17) is 0 Å². The maximum Gasteiger partial charge on any atom is 0.416 e. The number of anilines is 2. The minimum absolute atomic E-state index is 0.000195. The Hall–Kier alpha value is -2.75. The van der Waals surface area contributed by atoms with E-state index >= 15 is 0 Å². The van der Waals surface area contributed by atoms with Crippen LogP contribution in [0.2, 0.25) is 0 Å². The smallest absolute Gasteiger partial charge is 0.416 e. The first-order chi connectivity index (χ1) is 12.6. The Bertz CT molecular complexity index is 990. The van der Waals surface area contributed by atoms with E-state index in [0.29, 0.717) is 12.5 Å². The van der Waals surface area contributed by atoms with Crippen molar-refractivity contribution in [3.05, 3.63) is 53.6 Å². The molecule has 1 heterocycles. The summed E-state index contributed by atoms with van der Waals surface area (Å²) in [6.07, 6.45) is -4.14. The molecule has 1 fully saturated rings. The van der Waals surface area contributed by atoms with Gasteiger partial charge in [0.1, 0.15) is 5.75 Å². The van der Waals surface area contributed by atoms with E-state index in [1.54, 1.807) is 0 Å². The summed E-state index contributed by atoms with van der Waals surface area (Å²) in [4.78, 5) is 12.3. The van der Waals surface area contributed by atoms with Crippen LogP contribution in [-0.2, 0) is 16.2 Å². The SMILES string of the molecule is O=C(Nc1cc(N2CCCS2(=O)=O)ccc1O)c1cccc(C(F)(F)F)c1. The van der Waals surface area contributed by atoms with E-state index in [1.165, 1.54) is 24.3 Å². The third kappa shape index (κ3) is 4.00. The van der Waals surface area contributed by atoms with Gasteiger partial charge in [-0.25, -0.2) is 8.42 Å². The van der Waals surface area contributed by atoms with Crippen LogP contribution in [0.3, 0.4) is 0 Å². The van der Waals surface area contributed by atoms with Gasteiger partial charge in [-0.2, -0.15) is 13.2 Å². The number of nitrogens with one attached hydrogen (secondary N) is 1. The number of hydrogen-bond acceptors (Lipinski definition) is 4. The molecule has 0 saturated carbocycles. The van der Waals surface area contributed by atoms with Crippen LogP contribution in [-0.4, -0.2) is 31.7 Å². The van der Waals surface area contributed by atoms with E-state index in [-0.39, 0.29) is 35.0 Å². The summed E-state index contributed by atoms with van der Waals surface area (Å²) in [7, 11) is -3.46. The van der Waals surface area contributed by atoms with Crippen molar-refractivity contribution in [1.82, 2.24) is 0 Å². The Kier molecular flexibility index (Phi) is 4.77. The normalized spacial score (nSPS) is 16.3. The number of aromatic hydroxyl groups is 1. The van der Waals surface area contributed by atoms with E-state index in [1.807, 2.05) is 0 Å². The molecule has 3 rings (SSSR count). The van der Waals surface area contributed by atoms with Gasteiger partial charge >= 0.3 is 6.18 Å². The monoisotopic (exact) mass is 400 g/mol. The summed E-state index contributed by atoms with van der Waals surface area (Å²) in [5, 5.41) is 12.2. The molecule has 2 aromatic carbocycles. The van der Waals surface area contributed by atoms with Gasteiger partial charge in [-0.3, -0.25) is 9.10 Å². The highest BCUT2D eigenvalue weighted by Crippen LogP contribution is 2.33. The number of carbonyl (C=O) groups excluding carboxylic acids is 1. The highest BCUT2D eigenvalue weighted by Gasteiger charge is 2.31. The average Bonchev–Trinajstić information content (AvgIpc) is 2.95. The molecule has 10 heteroatoms. The highest BCUT2D eigenvalue weighted by atomic mass is 32.2. The average molecular weight is 400 g/mol. The third-order valence-corrected chi connectivity index (χ3v) is 5.94. The van der Waals surface area contributed by atoms with Crippen LogP contribution in [0.1, 0.15) is 22.3 Å². The number of hydrogen-bond donors (Lipinski definition) is 2. The van der Waals surface area contributed by atoms with Gasteiger partial charge in [0.15, 0.2) is 0 Å². The second-order valence-corrected chi connectivity index (χ2v) is 7.99. The van der Waals surface area contributed by atoms with E-state index in [2.05, 4.69) is 5.32 Å². The van der Waals surface area contributed by atoms with E-state index < -0.39 is 27.7 Å². The first-order valence-electron chi connectivity index (χ1n) is 7.90. The van der Waals surface area contributed by atoms with E-state index in [9.17, 15) is 31.5 Å². The molecule has 0 spiro atoms. The molecule has 0 radical (unpaired) electrons. The van der Waals surface area contributed by atoms with Crippen molar-refractivity contribution < 1.29 is 31.5 Å². The second kappa shape index (κ2) is 6.76. The lowest BCUT2D eigenvalue weighted by molar-refractivity contribution is -0.137. The third-order valence-electron chi connectivity index (χ3n) is 4.07. The molecular formula is C17H15F3N2O4S. The number of rotatable bonds is 3. The van der Waals surface area contributed by atoms with Crippen molar-refractivity contribution in [2.45, 2.75) is 12.6 Å². The molecular weight excluding hydrogens is 385 g/mol. The molecule has 0 aliphatic carbocycles. The van der Waals surface area contributed by atoms with Crippen LogP contribution < -0.4 is 9.62 Å². The maximum absolute atomic E-state index is 12.8. The number of sulfonamides is 1. The second-order valence-electron chi connectivity index (χ2n) is 5.98. The summed E-state index contributed by atoms with van der Waals surface area (Å²) >= 11 is 0. The first kappa shape index (κ1) is 19.0. The van der Waals surface area contributed by atoms with Crippen molar-refractivity contribution in [2.24, 2.45) is 0 Å². The molecule has 0 atom stereocenters. The quantitative estimate of drug-likeness (QED) is 0.775. The van der Waals surface area contributed by atoms with Crippen molar-refractivity contribution in [3.63, 3.8) is 0 Å². The molecule has 6 nitrogen and oxygen atoms in total. The molecule has 144 valence electrons. The zero-order valence-corrected chi connectivity index (χ0v) is 14.6. The standard InChI is InChI=1S/C17H15F3N2O4S/c18-17(19,20)12-4-1-3-11(9-12)16(24)21-14-10-13(5-6-15(14)23)22-7-2-8-27(22,25)26/h1,3-6,9-10,23H,2,7-8H2,(H,21,24). The van der Waals surface area contributed by atoms with Gasteiger partial charge in [-0.05, 0) is 42.8 Å². The topological polar surface area (TPSA) is 86.7 Å². The lowest BCUT2D eigenvalue weighted by Crippen LogP contribution is -2.25. The van der Waals surface area contributed by atoms with E-state index in [0.717, 1.165) is 16.4 Å². The van der Waals surface area contributed by atoms with Crippen LogP contribution in [0.5, 0.6) is 5.75 Å². The Morgan fingerprint density at radius 1 is 1.15 bits per heavy atom. The molecule has 2 N–H and O–H groups in total. The highest BCUT2D eigenvalue weighted by molar-refractivity contribution is 7.93. The Morgan fingerprint density at radius 2 is 1.89 bits per heavy atom. The molecule has 2 aromatic rings. The molecule has 27 heavy (non-hydrogen) atoms. The molecule has 1 aliphatic rings. The van der Waals surface area contributed by atoms with Crippen molar-refractivity contribution in [3.8, 4) is 5.75 Å². The summed E-state index contributed by atoms with van der Waals surface area (Å²) < 4.78 is 63.5. The lowest BCUT2D eigenvalue weighted by atomic mass is 10.1. The molecule has 0 unspecified atom stereocenters. The molecule has 1 amide bonds. The fourth-order valence-corrected chi connectivity index (χ4v) is 4.30. The lowest BCUT2D eigenvalue weighted by Gasteiger charge is -2.18.